The molecule has 0 aromatic heterocycles. The van der Waals surface area contributed by atoms with E-state index in [1.807, 2.05) is 6.92 Å². The molecular weight excluding hydrogens is 276 g/mol. The van der Waals surface area contributed by atoms with Gasteiger partial charge in [0, 0.05) is 29.6 Å². The number of ether oxygens (including phenoxy) is 2. The lowest BCUT2D eigenvalue weighted by molar-refractivity contribution is 0.0788. The summed E-state index contributed by atoms with van der Waals surface area (Å²) in [7, 11) is 0. The molecule has 0 amide bonds. The average molecular weight is 296 g/mol. The molecule has 0 bridgehead atoms. The molecule has 2 nitrogen and oxygen atoms in total. The van der Waals surface area contributed by atoms with E-state index in [0.29, 0.717) is 6.61 Å². The molecule has 0 radical (unpaired) electrons. The van der Waals surface area contributed by atoms with E-state index in [-0.39, 0.29) is 9.68 Å². The normalized spacial score (nSPS) is 22.9. The highest BCUT2D eigenvalue weighted by Crippen LogP contribution is 2.61. The van der Waals surface area contributed by atoms with E-state index in [1.165, 1.54) is 17.1 Å². The number of hydrogen-bond acceptors (Lipinski definition) is 4. The van der Waals surface area contributed by atoms with Gasteiger partial charge in [-0.2, -0.15) is 0 Å². The van der Waals surface area contributed by atoms with Gasteiger partial charge in [0.25, 0.3) is 0 Å². The Morgan fingerprint density at radius 1 is 1.26 bits per heavy atom. The van der Waals surface area contributed by atoms with Crippen molar-refractivity contribution in [1.29, 1.82) is 0 Å². The van der Waals surface area contributed by atoms with E-state index in [4.69, 9.17) is 9.47 Å². The Kier molecular flexibility index (Phi) is 3.42. The van der Waals surface area contributed by atoms with Crippen molar-refractivity contribution in [2.24, 2.45) is 0 Å². The molecule has 0 unspecified atom stereocenters. The third-order valence-corrected chi connectivity index (χ3v) is 6.92. The number of rotatable bonds is 2. The van der Waals surface area contributed by atoms with Crippen molar-refractivity contribution in [2.45, 2.75) is 36.9 Å². The summed E-state index contributed by atoms with van der Waals surface area (Å²) in [6.07, 6.45) is 1.07. The van der Waals surface area contributed by atoms with Crippen molar-refractivity contribution in [3.05, 3.63) is 23.8 Å². The molecule has 1 saturated heterocycles. The molecule has 0 aliphatic carbocycles. The third kappa shape index (κ3) is 2.45. The molecular formula is C15H20O2S2. The minimum absolute atomic E-state index is 0.109. The summed E-state index contributed by atoms with van der Waals surface area (Å²) in [5, 5.41) is 0. The Morgan fingerprint density at radius 2 is 2.00 bits per heavy atom. The zero-order valence-electron chi connectivity index (χ0n) is 11.7. The van der Waals surface area contributed by atoms with E-state index in [0.717, 1.165) is 17.9 Å². The van der Waals surface area contributed by atoms with Crippen molar-refractivity contribution in [2.75, 3.05) is 18.1 Å². The number of hydrogen-bond donors (Lipinski definition) is 0. The van der Waals surface area contributed by atoms with Gasteiger partial charge in [-0.1, -0.05) is 0 Å². The fraction of sp³-hybridized carbons (Fsp3) is 0.600. The van der Waals surface area contributed by atoms with Crippen LogP contribution in [0.15, 0.2) is 18.2 Å². The van der Waals surface area contributed by atoms with Crippen LogP contribution in [0.1, 0.15) is 32.8 Å². The summed E-state index contributed by atoms with van der Waals surface area (Å²) >= 11 is 4.14. The molecule has 104 valence electrons. The van der Waals surface area contributed by atoms with E-state index < -0.39 is 0 Å². The van der Waals surface area contributed by atoms with Crippen molar-refractivity contribution >= 4 is 23.5 Å². The molecule has 0 atom stereocenters. The first-order chi connectivity index (χ1) is 9.05. The molecule has 1 aromatic carbocycles. The van der Waals surface area contributed by atoms with Gasteiger partial charge < -0.3 is 9.47 Å². The molecule has 1 spiro atoms. The van der Waals surface area contributed by atoms with Gasteiger partial charge in [-0.25, -0.2) is 0 Å². The molecule has 2 aliphatic heterocycles. The minimum Gasteiger partial charge on any atom is -0.494 e. The Labute approximate surface area is 123 Å². The first kappa shape index (κ1) is 13.5. The smallest absolute Gasteiger partial charge is 0.129 e. The number of benzene rings is 1. The highest BCUT2D eigenvalue weighted by molar-refractivity contribution is 8.20. The summed E-state index contributed by atoms with van der Waals surface area (Å²) in [4.78, 5) is 0. The lowest BCUT2D eigenvalue weighted by atomic mass is 9.93. The predicted octanol–water partition coefficient (Wildman–Crippen LogP) is 4.28. The van der Waals surface area contributed by atoms with Crippen LogP contribution >= 0.6 is 23.5 Å². The highest BCUT2D eigenvalue weighted by Gasteiger charge is 2.48. The van der Waals surface area contributed by atoms with Crippen molar-refractivity contribution < 1.29 is 9.47 Å². The van der Waals surface area contributed by atoms with Crippen LogP contribution in [0.4, 0.5) is 0 Å². The second kappa shape index (κ2) is 4.81. The summed E-state index contributed by atoms with van der Waals surface area (Å²) < 4.78 is 12.0. The molecule has 2 aliphatic rings. The topological polar surface area (TPSA) is 18.5 Å². The summed E-state index contributed by atoms with van der Waals surface area (Å²) in [6.45, 7) is 7.07. The van der Waals surface area contributed by atoms with Gasteiger partial charge in [-0.05, 0) is 32.9 Å². The SMILES string of the molecule is CCOc1ccc2c(c1)OC(C)(C)CC21SCCS1. The lowest BCUT2D eigenvalue weighted by Gasteiger charge is -2.43. The van der Waals surface area contributed by atoms with E-state index in [9.17, 15) is 0 Å². The monoisotopic (exact) mass is 296 g/mol. The lowest BCUT2D eigenvalue weighted by Crippen LogP contribution is -2.40. The van der Waals surface area contributed by atoms with Gasteiger partial charge in [0.2, 0.25) is 0 Å². The van der Waals surface area contributed by atoms with Gasteiger partial charge in [-0.3, -0.25) is 0 Å². The quantitative estimate of drug-likeness (QED) is 0.810. The Hall–Kier alpha value is -0.480. The fourth-order valence-corrected chi connectivity index (χ4v) is 6.57. The fourth-order valence-electron chi connectivity index (χ4n) is 2.86. The Bertz CT molecular complexity index is 479. The average Bonchev–Trinajstić information content (AvgIpc) is 2.76. The van der Waals surface area contributed by atoms with Crippen LogP contribution in [-0.4, -0.2) is 23.7 Å². The molecule has 0 saturated carbocycles. The van der Waals surface area contributed by atoms with Gasteiger partial charge in [0.1, 0.15) is 17.1 Å². The summed E-state index contributed by atoms with van der Waals surface area (Å²) in [5.41, 5.74) is 1.23. The van der Waals surface area contributed by atoms with Crippen LogP contribution in [0.25, 0.3) is 0 Å². The maximum Gasteiger partial charge on any atom is 0.129 e. The minimum atomic E-state index is -0.109. The van der Waals surface area contributed by atoms with Gasteiger partial charge >= 0.3 is 0 Å². The van der Waals surface area contributed by atoms with Gasteiger partial charge in [-0.15, -0.1) is 23.5 Å². The van der Waals surface area contributed by atoms with E-state index >= 15 is 0 Å². The van der Waals surface area contributed by atoms with Crippen LogP contribution in [-0.2, 0) is 4.08 Å². The highest BCUT2D eigenvalue weighted by atomic mass is 32.2. The van der Waals surface area contributed by atoms with Crippen LogP contribution < -0.4 is 9.47 Å². The zero-order chi connectivity index (χ0) is 13.5. The molecule has 2 heterocycles. The van der Waals surface area contributed by atoms with Gasteiger partial charge in [0.15, 0.2) is 0 Å². The molecule has 1 aromatic rings. The van der Waals surface area contributed by atoms with Crippen LogP contribution in [0.2, 0.25) is 0 Å². The molecule has 19 heavy (non-hydrogen) atoms. The van der Waals surface area contributed by atoms with Crippen LogP contribution in [0.5, 0.6) is 11.5 Å². The first-order valence-corrected chi connectivity index (χ1v) is 8.76. The van der Waals surface area contributed by atoms with E-state index in [1.54, 1.807) is 0 Å². The second-order valence-corrected chi connectivity index (χ2v) is 8.63. The van der Waals surface area contributed by atoms with Crippen LogP contribution in [0.3, 0.4) is 0 Å². The Balaban J connectivity index is 2.04. The molecule has 3 rings (SSSR count). The van der Waals surface area contributed by atoms with Crippen molar-refractivity contribution in [3.8, 4) is 11.5 Å². The molecule has 4 heteroatoms. The van der Waals surface area contributed by atoms with Crippen LogP contribution in [0, 0.1) is 0 Å². The summed E-state index contributed by atoms with van der Waals surface area (Å²) in [5.74, 6) is 4.37. The number of thioether (sulfide) groups is 2. The largest absolute Gasteiger partial charge is 0.494 e. The number of fused-ring (bicyclic) bond motifs is 2. The third-order valence-electron chi connectivity index (χ3n) is 3.47. The first-order valence-electron chi connectivity index (χ1n) is 6.79. The predicted molar refractivity (Wildman–Crippen MR) is 83.5 cm³/mol. The zero-order valence-corrected chi connectivity index (χ0v) is 13.3. The molecule has 0 N–H and O–H groups in total. The standard InChI is InChI=1S/C15H20O2S2/c1-4-16-11-5-6-12-13(9-11)17-14(2,3)10-15(12)18-7-8-19-15/h5-6,9H,4,7-8,10H2,1-3H3. The van der Waals surface area contributed by atoms with E-state index in [2.05, 4.69) is 55.6 Å². The second-order valence-electron chi connectivity index (χ2n) is 5.58. The van der Waals surface area contributed by atoms with Crippen molar-refractivity contribution in [3.63, 3.8) is 0 Å². The van der Waals surface area contributed by atoms with Crippen molar-refractivity contribution in [1.82, 2.24) is 0 Å². The maximum atomic E-state index is 6.19. The molecule has 1 fully saturated rings. The Morgan fingerprint density at radius 3 is 2.68 bits per heavy atom. The van der Waals surface area contributed by atoms with Gasteiger partial charge in [0.05, 0.1) is 10.7 Å². The summed E-state index contributed by atoms with van der Waals surface area (Å²) in [6, 6.07) is 6.33. The maximum absolute atomic E-state index is 6.19.